The van der Waals surface area contributed by atoms with E-state index >= 15 is 0 Å². The largest absolute Gasteiger partial charge is 0.462 e. The molecule has 1 aromatic rings. The van der Waals surface area contributed by atoms with Crippen molar-refractivity contribution in [3.05, 3.63) is 28.0 Å². The first-order valence-electron chi connectivity index (χ1n) is 4.56. The van der Waals surface area contributed by atoms with Gasteiger partial charge in [0.1, 0.15) is 11.6 Å². The van der Waals surface area contributed by atoms with Crippen molar-refractivity contribution < 1.29 is 27.4 Å². The fourth-order valence-corrected chi connectivity index (χ4v) is 1.49. The summed E-state index contributed by atoms with van der Waals surface area (Å²) in [6, 6.07) is 1.73. The van der Waals surface area contributed by atoms with Crippen LogP contribution in [0.15, 0.2) is 16.6 Å². The van der Waals surface area contributed by atoms with Gasteiger partial charge in [-0.25, -0.2) is 9.18 Å². The topological polar surface area (TPSA) is 35.5 Å². The van der Waals surface area contributed by atoms with E-state index in [0.717, 1.165) is 12.1 Å². The van der Waals surface area contributed by atoms with Crippen LogP contribution in [0.2, 0.25) is 0 Å². The second-order valence-corrected chi connectivity index (χ2v) is 3.72. The Morgan fingerprint density at radius 2 is 2.12 bits per heavy atom. The standard InChI is InChI=1S/C10H8BrF3O3/c1-2-16-9(15)5-3-8(17-10(13)14)6(11)4-7(5)12/h3-4,10H,2H2,1H3. The molecular weight excluding hydrogens is 305 g/mol. The molecule has 0 aliphatic carbocycles. The molecule has 1 aromatic carbocycles. The lowest BCUT2D eigenvalue weighted by molar-refractivity contribution is -0.0505. The Bertz CT molecular complexity index is 424. The molecule has 0 aromatic heterocycles. The van der Waals surface area contributed by atoms with E-state index in [2.05, 4.69) is 25.4 Å². The van der Waals surface area contributed by atoms with Gasteiger partial charge in [0.25, 0.3) is 0 Å². The minimum absolute atomic E-state index is 0.0108. The Labute approximate surface area is 104 Å². The van der Waals surface area contributed by atoms with Gasteiger partial charge in [0.15, 0.2) is 0 Å². The average Bonchev–Trinajstić information content (AvgIpc) is 2.21. The van der Waals surface area contributed by atoms with E-state index in [0.29, 0.717) is 0 Å². The second-order valence-electron chi connectivity index (χ2n) is 2.86. The van der Waals surface area contributed by atoms with Gasteiger partial charge >= 0.3 is 12.6 Å². The van der Waals surface area contributed by atoms with Gasteiger partial charge in [-0.15, -0.1) is 0 Å². The quantitative estimate of drug-likeness (QED) is 0.800. The Morgan fingerprint density at radius 3 is 2.65 bits per heavy atom. The Morgan fingerprint density at radius 1 is 1.47 bits per heavy atom. The van der Waals surface area contributed by atoms with Crippen LogP contribution in [0.4, 0.5) is 13.2 Å². The highest BCUT2D eigenvalue weighted by Crippen LogP contribution is 2.29. The number of benzene rings is 1. The number of hydrogen-bond donors (Lipinski definition) is 0. The zero-order valence-corrected chi connectivity index (χ0v) is 10.3. The van der Waals surface area contributed by atoms with Gasteiger partial charge in [-0.05, 0) is 35.0 Å². The SMILES string of the molecule is CCOC(=O)c1cc(OC(F)F)c(Br)cc1F. The van der Waals surface area contributed by atoms with Crippen molar-refractivity contribution in [2.75, 3.05) is 6.61 Å². The van der Waals surface area contributed by atoms with Gasteiger partial charge < -0.3 is 9.47 Å². The molecule has 0 radical (unpaired) electrons. The molecule has 0 unspecified atom stereocenters. The molecule has 7 heteroatoms. The number of hydrogen-bond acceptors (Lipinski definition) is 3. The lowest BCUT2D eigenvalue weighted by atomic mass is 10.2. The lowest BCUT2D eigenvalue weighted by Gasteiger charge is -2.09. The predicted octanol–water partition coefficient (Wildman–Crippen LogP) is 3.37. The molecule has 0 aliphatic rings. The zero-order valence-electron chi connectivity index (χ0n) is 8.68. The molecule has 0 bridgehead atoms. The van der Waals surface area contributed by atoms with E-state index in [4.69, 9.17) is 0 Å². The summed E-state index contributed by atoms with van der Waals surface area (Å²) in [6.45, 7) is -1.46. The highest BCUT2D eigenvalue weighted by Gasteiger charge is 2.18. The van der Waals surface area contributed by atoms with Crippen LogP contribution in [-0.2, 0) is 4.74 Å². The van der Waals surface area contributed by atoms with Gasteiger partial charge in [-0.1, -0.05) is 0 Å². The number of rotatable bonds is 4. The molecular formula is C10H8BrF3O3. The smallest absolute Gasteiger partial charge is 0.387 e. The number of halogens is 4. The Hall–Kier alpha value is -1.24. The predicted molar refractivity (Wildman–Crippen MR) is 56.7 cm³/mol. The summed E-state index contributed by atoms with van der Waals surface area (Å²) < 4.78 is 46.1. The van der Waals surface area contributed by atoms with Crippen LogP contribution in [0.3, 0.4) is 0 Å². The van der Waals surface area contributed by atoms with Gasteiger partial charge in [-0.2, -0.15) is 8.78 Å². The third-order valence-corrected chi connectivity index (χ3v) is 2.35. The average molecular weight is 313 g/mol. The van der Waals surface area contributed by atoms with Crippen LogP contribution in [0.5, 0.6) is 5.75 Å². The normalized spacial score (nSPS) is 10.5. The Balaban J connectivity index is 3.09. The third kappa shape index (κ3) is 3.62. The zero-order chi connectivity index (χ0) is 13.0. The van der Waals surface area contributed by atoms with Crippen molar-refractivity contribution in [3.63, 3.8) is 0 Å². The van der Waals surface area contributed by atoms with E-state index < -0.39 is 24.0 Å². The van der Waals surface area contributed by atoms with Crippen LogP contribution in [0, 0.1) is 5.82 Å². The van der Waals surface area contributed by atoms with E-state index in [1.807, 2.05) is 0 Å². The number of carbonyl (C=O) groups excluding carboxylic acids is 1. The minimum Gasteiger partial charge on any atom is -0.462 e. The van der Waals surface area contributed by atoms with Crippen LogP contribution >= 0.6 is 15.9 Å². The fourth-order valence-electron chi connectivity index (χ4n) is 1.08. The van der Waals surface area contributed by atoms with Gasteiger partial charge in [-0.3, -0.25) is 0 Å². The van der Waals surface area contributed by atoms with Crippen LogP contribution < -0.4 is 4.74 Å². The molecule has 0 amide bonds. The molecule has 0 aliphatic heterocycles. The molecule has 3 nitrogen and oxygen atoms in total. The first-order chi connectivity index (χ1) is 7.95. The van der Waals surface area contributed by atoms with E-state index in [-0.39, 0.29) is 16.8 Å². The molecule has 0 fully saturated rings. The van der Waals surface area contributed by atoms with Crippen LogP contribution in [0.1, 0.15) is 17.3 Å². The second kappa shape index (κ2) is 5.90. The number of ether oxygens (including phenoxy) is 2. The third-order valence-electron chi connectivity index (χ3n) is 1.73. The molecule has 0 saturated carbocycles. The van der Waals surface area contributed by atoms with E-state index in [9.17, 15) is 18.0 Å². The lowest BCUT2D eigenvalue weighted by Crippen LogP contribution is -2.09. The molecule has 1 rings (SSSR count). The summed E-state index contributed by atoms with van der Waals surface area (Å²) in [5.74, 6) is -2.14. The molecule has 0 spiro atoms. The van der Waals surface area contributed by atoms with Crippen molar-refractivity contribution in [3.8, 4) is 5.75 Å². The van der Waals surface area contributed by atoms with Crippen molar-refractivity contribution >= 4 is 21.9 Å². The molecule has 0 atom stereocenters. The van der Waals surface area contributed by atoms with Gasteiger partial charge in [0.05, 0.1) is 16.6 Å². The monoisotopic (exact) mass is 312 g/mol. The highest BCUT2D eigenvalue weighted by atomic mass is 79.9. The summed E-state index contributed by atoms with van der Waals surface area (Å²) in [4.78, 5) is 11.3. The summed E-state index contributed by atoms with van der Waals surface area (Å²) in [6.07, 6.45) is 0. The van der Waals surface area contributed by atoms with E-state index in [1.54, 1.807) is 6.92 Å². The molecule has 94 valence electrons. The van der Waals surface area contributed by atoms with E-state index in [1.165, 1.54) is 0 Å². The summed E-state index contributed by atoms with van der Waals surface area (Å²) >= 11 is 2.85. The molecule has 0 N–H and O–H groups in total. The van der Waals surface area contributed by atoms with Crippen LogP contribution in [0.25, 0.3) is 0 Å². The maximum atomic E-state index is 13.4. The summed E-state index contributed by atoms with van der Waals surface area (Å²) in [7, 11) is 0. The number of carbonyl (C=O) groups is 1. The first kappa shape index (κ1) is 13.8. The van der Waals surface area contributed by atoms with Crippen molar-refractivity contribution in [1.82, 2.24) is 0 Å². The summed E-state index contributed by atoms with van der Waals surface area (Å²) in [5.41, 5.74) is -0.453. The van der Waals surface area contributed by atoms with Crippen LogP contribution in [-0.4, -0.2) is 19.2 Å². The van der Waals surface area contributed by atoms with Crippen molar-refractivity contribution in [2.45, 2.75) is 13.5 Å². The Kier molecular flexibility index (Phi) is 4.80. The van der Waals surface area contributed by atoms with Gasteiger partial charge in [0.2, 0.25) is 0 Å². The fraction of sp³-hybridized carbons (Fsp3) is 0.300. The van der Waals surface area contributed by atoms with Gasteiger partial charge in [0, 0.05) is 0 Å². The first-order valence-corrected chi connectivity index (χ1v) is 5.36. The minimum atomic E-state index is -3.06. The number of esters is 1. The highest BCUT2D eigenvalue weighted by molar-refractivity contribution is 9.10. The summed E-state index contributed by atoms with van der Waals surface area (Å²) in [5, 5.41) is 0. The number of alkyl halides is 2. The maximum Gasteiger partial charge on any atom is 0.387 e. The van der Waals surface area contributed by atoms with Crippen molar-refractivity contribution in [1.29, 1.82) is 0 Å². The molecule has 17 heavy (non-hydrogen) atoms. The molecule has 0 heterocycles. The van der Waals surface area contributed by atoms with Crippen molar-refractivity contribution in [2.24, 2.45) is 0 Å². The maximum absolute atomic E-state index is 13.4. The molecule has 0 saturated heterocycles.